The number of carbonyl (C=O) groups is 1. The highest BCUT2D eigenvalue weighted by Gasteiger charge is 2.31. The lowest BCUT2D eigenvalue weighted by Gasteiger charge is -2.33. The van der Waals surface area contributed by atoms with E-state index in [0.717, 1.165) is 10.9 Å². The van der Waals surface area contributed by atoms with Crippen LogP contribution in [0.5, 0.6) is 11.5 Å². The summed E-state index contributed by atoms with van der Waals surface area (Å²) in [5.74, 6) is 0.836. The van der Waals surface area contributed by atoms with Crippen molar-refractivity contribution in [3.8, 4) is 11.5 Å². The lowest BCUT2D eigenvalue weighted by molar-refractivity contribution is -0.144. The summed E-state index contributed by atoms with van der Waals surface area (Å²) in [6, 6.07) is 11.2. The number of tetrazole rings is 1. The zero-order valence-electron chi connectivity index (χ0n) is 21.9. The number of nitrogens with zero attached hydrogens (tertiary/aromatic N) is 5. The molecule has 5 rings (SSSR count). The Bertz CT molecular complexity index is 1530. The quantitative estimate of drug-likeness (QED) is 0.304. The predicted molar refractivity (Wildman–Crippen MR) is 138 cm³/mol. The molecule has 4 aromatic rings. The molecule has 2 aromatic heterocycles. The maximum absolute atomic E-state index is 13.7. The number of fused-ring (bicyclic) bond motifs is 2. The van der Waals surface area contributed by atoms with Crippen LogP contribution in [0.1, 0.15) is 43.8 Å². The topological polar surface area (TPSA) is 124 Å². The highest BCUT2D eigenvalue weighted by atomic mass is 19.1. The summed E-state index contributed by atoms with van der Waals surface area (Å²) < 4.78 is 31.1. The molecule has 1 aliphatic rings. The summed E-state index contributed by atoms with van der Waals surface area (Å²) in [6.07, 6.45) is 0. The van der Waals surface area contributed by atoms with Crippen LogP contribution in [0.25, 0.3) is 10.9 Å². The van der Waals surface area contributed by atoms with E-state index in [1.54, 1.807) is 25.1 Å². The molecule has 3 heterocycles. The van der Waals surface area contributed by atoms with E-state index in [2.05, 4.69) is 25.4 Å². The minimum atomic E-state index is -0.455. The van der Waals surface area contributed by atoms with E-state index < -0.39 is 12.0 Å². The Kier molecular flexibility index (Phi) is 7.55. The summed E-state index contributed by atoms with van der Waals surface area (Å²) in [5, 5.41) is 12.9. The molecule has 0 fully saturated rings. The number of H-pyrrole nitrogens is 1. The molecule has 1 atom stereocenters. The van der Waals surface area contributed by atoms with Gasteiger partial charge in [0.25, 0.3) is 5.56 Å². The number of ether oxygens (including phenoxy) is 3. The van der Waals surface area contributed by atoms with Crippen molar-refractivity contribution in [1.82, 2.24) is 30.1 Å². The number of aromatic amines is 1. The van der Waals surface area contributed by atoms with Gasteiger partial charge in [-0.05, 0) is 53.1 Å². The lowest BCUT2D eigenvalue weighted by atomic mass is 9.99. The smallest absolute Gasteiger partial charge is 0.327 e. The molecule has 0 spiro atoms. The van der Waals surface area contributed by atoms with Gasteiger partial charge in [-0.15, -0.1) is 5.10 Å². The van der Waals surface area contributed by atoms with E-state index in [9.17, 15) is 14.0 Å². The molecule has 39 heavy (non-hydrogen) atoms. The van der Waals surface area contributed by atoms with Crippen molar-refractivity contribution in [3.63, 3.8) is 0 Å². The average molecular weight is 537 g/mol. The van der Waals surface area contributed by atoms with Crippen LogP contribution in [0, 0.1) is 11.7 Å². The predicted octanol–water partition coefficient (Wildman–Crippen LogP) is 3.35. The molecular formula is C27H29FN6O5. The molecule has 204 valence electrons. The number of halogens is 1. The lowest BCUT2D eigenvalue weighted by Crippen LogP contribution is -2.35. The minimum absolute atomic E-state index is 0.0225. The van der Waals surface area contributed by atoms with Gasteiger partial charge < -0.3 is 19.2 Å². The number of rotatable bonds is 10. The standard InChI is InChI=1S/C27H29FN6O5/c1-4-37-24(35)14-34-26(30-31-32-34)25(16(2)3)33(12-17-5-7-20(28)8-6-17)13-19-9-18-10-22-23(39-15-38-22)11-21(18)29-27(19)36/h5-11,16,25H,4,12-15H2,1-3H3,(H,29,36). The molecule has 2 aromatic carbocycles. The maximum atomic E-state index is 13.7. The molecule has 1 unspecified atom stereocenters. The van der Waals surface area contributed by atoms with Crippen LogP contribution in [0.4, 0.5) is 4.39 Å². The molecule has 0 radical (unpaired) electrons. The Labute approximate surface area is 223 Å². The number of nitrogens with one attached hydrogen (secondary N) is 1. The molecule has 0 amide bonds. The van der Waals surface area contributed by atoms with Crippen LogP contribution in [-0.2, 0) is 29.2 Å². The molecule has 11 nitrogen and oxygen atoms in total. The van der Waals surface area contributed by atoms with Gasteiger partial charge >= 0.3 is 5.97 Å². The number of benzene rings is 2. The molecular weight excluding hydrogens is 507 g/mol. The van der Waals surface area contributed by atoms with Crippen molar-refractivity contribution in [2.45, 2.75) is 46.4 Å². The van der Waals surface area contributed by atoms with Gasteiger partial charge in [-0.25, -0.2) is 9.07 Å². The molecule has 0 saturated heterocycles. The van der Waals surface area contributed by atoms with E-state index >= 15 is 0 Å². The fraction of sp³-hybridized carbons (Fsp3) is 0.370. The first kappa shape index (κ1) is 26.3. The number of carbonyl (C=O) groups excluding carboxylic acids is 1. The van der Waals surface area contributed by atoms with Gasteiger partial charge in [0.05, 0.1) is 18.2 Å². The first-order chi connectivity index (χ1) is 18.8. The Morgan fingerprint density at radius 3 is 2.62 bits per heavy atom. The third-order valence-electron chi connectivity index (χ3n) is 6.52. The largest absolute Gasteiger partial charge is 0.465 e. The van der Waals surface area contributed by atoms with Crippen molar-refractivity contribution in [2.75, 3.05) is 13.4 Å². The molecule has 1 N–H and O–H groups in total. The zero-order valence-corrected chi connectivity index (χ0v) is 21.9. The monoisotopic (exact) mass is 536 g/mol. The summed E-state index contributed by atoms with van der Waals surface area (Å²) in [5.41, 5.74) is 1.74. The Morgan fingerprint density at radius 2 is 1.90 bits per heavy atom. The zero-order chi connectivity index (χ0) is 27.5. The van der Waals surface area contributed by atoms with Gasteiger partial charge in [0, 0.05) is 30.1 Å². The van der Waals surface area contributed by atoms with Crippen LogP contribution < -0.4 is 15.0 Å². The second kappa shape index (κ2) is 11.2. The minimum Gasteiger partial charge on any atom is -0.465 e. The van der Waals surface area contributed by atoms with Crippen molar-refractivity contribution in [1.29, 1.82) is 0 Å². The van der Waals surface area contributed by atoms with Crippen molar-refractivity contribution in [2.24, 2.45) is 5.92 Å². The Balaban J connectivity index is 1.54. The van der Waals surface area contributed by atoms with E-state index in [1.165, 1.54) is 16.8 Å². The molecule has 12 heteroatoms. The number of aromatic nitrogens is 5. The second-order valence-electron chi connectivity index (χ2n) is 9.64. The first-order valence-corrected chi connectivity index (χ1v) is 12.7. The summed E-state index contributed by atoms with van der Waals surface area (Å²) in [7, 11) is 0. The normalized spacial score (nSPS) is 13.4. The first-order valence-electron chi connectivity index (χ1n) is 12.7. The molecule has 0 aliphatic carbocycles. The highest BCUT2D eigenvalue weighted by Crippen LogP contribution is 2.36. The maximum Gasteiger partial charge on any atom is 0.327 e. The molecule has 0 saturated carbocycles. The van der Waals surface area contributed by atoms with Crippen LogP contribution in [0.15, 0.2) is 47.3 Å². The third kappa shape index (κ3) is 5.75. The summed E-state index contributed by atoms with van der Waals surface area (Å²) in [6.45, 7) is 6.58. The average Bonchev–Trinajstić information content (AvgIpc) is 3.54. The Morgan fingerprint density at radius 1 is 1.15 bits per heavy atom. The number of hydrogen-bond donors (Lipinski definition) is 1. The van der Waals surface area contributed by atoms with E-state index in [0.29, 0.717) is 34.9 Å². The van der Waals surface area contributed by atoms with E-state index in [1.807, 2.05) is 26.0 Å². The van der Waals surface area contributed by atoms with Gasteiger partial charge in [0.1, 0.15) is 12.4 Å². The van der Waals surface area contributed by atoms with Gasteiger partial charge in [0.2, 0.25) is 6.79 Å². The second-order valence-corrected chi connectivity index (χ2v) is 9.64. The Hall–Kier alpha value is -4.32. The van der Waals surface area contributed by atoms with Crippen LogP contribution >= 0.6 is 0 Å². The molecule has 1 aliphatic heterocycles. The summed E-state index contributed by atoms with van der Waals surface area (Å²) >= 11 is 0. The fourth-order valence-corrected chi connectivity index (χ4v) is 4.80. The van der Waals surface area contributed by atoms with E-state index in [4.69, 9.17) is 14.2 Å². The van der Waals surface area contributed by atoms with Crippen molar-refractivity contribution >= 4 is 16.9 Å². The SMILES string of the molecule is CCOC(=O)Cn1nnnc1C(C(C)C)N(Cc1ccc(F)cc1)Cc1cc2cc3c(cc2[nH]c1=O)OCO3. The summed E-state index contributed by atoms with van der Waals surface area (Å²) in [4.78, 5) is 30.5. The van der Waals surface area contributed by atoms with Gasteiger partial charge in [0.15, 0.2) is 17.3 Å². The number of esters is 1. The number of pyridine rings is 1. The van der Waals surface area contributed by atoms with Crippen molar-refractivity contribution in [3.05, 3.63) is 75.6 Å². The van der Waals surface area contributed by atoms with E-state index in [-0.39, 0.29) is 43.8 Å². The highest BCUT2D eigenvalue weighted by molar-refractivity contribution is 5.83. The van der Waals surface area contributed by atoms with Gasteiger partial charge in [-0.3, -0.25) is 14.5 Å². The van der Waals surface area contributed by atoms with Crippen LogP contribution in [0.2, 0.25) is 0 Å². The van der Waals surface area contributed by atoms with Crippen LogP contribution in [-0.4, -0.2) is 49.5 Å². The van der Waals surface area contributed by atoms with Gasteiger partial charge in [-0.1, -0.05) is 26.0 Å². The third-order valence-corrected chi connectivity index (χ3v) is 6.52. The molecule has 0 bridgehead atoms. The fourth-order valence-electron chi connectivity index (χ4n) is 4.80. The number of hydrogen-bond acceptors (Lipinski definition) is 9. The van der Waals surface area contributed by atoms with Crippen molar-refractivity contribution < 1.29 is 23.4 Å². The van der Waals surface area contributed by atoms with Crippen LogP contribution in [0.3, 0.4) is 0 Å². The van der Waals surface area contributed by atoms with Gasteiger partial charge in [-0.2, -0.15) is 0 Å².